The first-order valence-electron chi connectivity index (χ1n) is 4.49. The molecule has 1 aromatic heterocycles. The number of hydrogen-bond donors (Lipinski definition) is 0. The van der Waals surface area contributed by atoms with Crippen LogP contribution >= 0.6 is 22.9 Å². The summed E-state index contributed by atoms with van der Waals surface area (Å²) in [5.74, 6) is -0.465. The van der Waals surface area contributed by atoms with Gasteiger partial charge in [-0.3, -0.25) is 4.79 Å². The molecule has 82 valence electrons. The highest BCUT2D eigenvalue weighted by Crippen LogP contribution is 2.28. The van der Waals surface area contributed by atoms with Crippen LogP contribution < -0.4 is 0 Å². The van der Waals surface area contributed by atoms with E-state index in [9.17, 15) is 9.18 Å². The molecule has 2 rings (SSSR count). The number of nitrogens with zero attached hydrogens (tertiary/aromatic N) is 1. The molecule has 0 saturated carbocycles. The summed E-state index contributed by atoms with van der Waals surface area (Å²) in [6.07, 6.45) is 1.49. The van der Waals surface area contributed by atoms with Gasteiger partial charge in [-0.15, -0.1) is 11.3 Å². The zero-order valence-corrected chi connectivity index (χ0v) is 9.90. The molecule has 0 aliphatic heterocycles. The van der Waals surface area contributed by atoms with Gasteiger partial charge in [-0.1, -0.05) is 11.6 Å². The third-order valence-electron chi connectivity index (χ3n) is 1.96. The lowest BCUT2D eigenvalue weighted by molar-refractivity contribution is 0.102. The van der Waals surface area contributed by atoms with Crippen molar-refractivity contribution in [1.29, 1.82) is 0 Å². The van der Waals surface area contributed by atoms with E-state index in [1.54, 1.807) is 6.07 Å². The summed E-state index contributed by atoms with van der Waals surface area (Å²) in [5.41, 5.74) is 0.586. The Balaban J connectivity index is 2.46. The molecule has 0 radical (unpaired) electrons. The lowest BCUT2D eigenvalue weighted by Gasteiger charge is -1.97. The molecule has 2 nitrogen and oxygen atoms in total. The molecule has 0 unspecified atom stereocenters. The Morgan fingerprint density at radius 2 is 2.19 bits per heavy atom. The summed E-state index contributed by atoms with van der Waals surface area (Å²) < 4.78 is 13.1. The second-order valence-corrected chi connectivity index (χ2v) is 4.71. The summed E-state index contributed by atoms with van der Waals surface area (Å²) in [4.78, 5) is 15.7. The Morgan fingerprint density at radius 1 is 1.44 bits per heavy atom. The van der Waals surface area contributed by atoms with E-state index >= 15 is 0 Å². The van der Waals surface area contributed by atoms with Gasteiger partial charge in [0.15, 0.2) is 5.78 Å². The fourth-order valence-electron chi connectivity index (χ4n) is 1.25. The van der Waals surface area contributed by atoms with Gasteiger partial charge in [0.05, 0.1) is 4.88 Å². The average Bonchev–Trinajstić information content (AvgIpc) is 2.64. The van der Waals surface area contributed by atoms with Crippen LogP contribution in [0.2, 0.25) is 5.02 Å². The van der Waals surface area contributed by atoms with Crippen LogP contribution in [0.25, 0.3) is 10.6 Å². The maximum absolute atomic E-state index is 13.1. The molecule has 0 atom stereocenters. The first kappa shape index (κ1) is 11.2. The first-order valence-corrected chi connectivity index (χ1v) is 5.69. The van der Waals surface area contributed by atoms with E-state index in [0.717, 1.165) is 0 Å². The largest absolute Gasteiger partial charge is 0.294 e. The number of hydrogen-bond acceptors (Lipinski definition) is 3. The minimum atomic E-state index is -0.415. The number of ketones is 1. The van der Waals surface area contributed by atoms with Crippen LogP contribution in [-0.4, -0.2) is 10.8 Å². The van der Waals surface area contributed by atoms with E-state index < -0.39 is 5.82 Å². The Hall–Kier alpha value is -1.26. The smallest absolute Gasteiger partial charge is 0.171 e. The van der Waals surface area contributed by atoms with Crippen molar-refractivity contribution >= 4 is 28.7 Å². The van der Waals surface area contributed by atoms with Crippen LogP contribution in [0.15, 0.2) is 24.4 Å². The number of thiazole rings is 1. The normalized spacial score (nSPS) is 10.4. The van der Waals surface area contributed by atoms with Crippen molar-refractivity contribution in [2.75, 3.05) is 0 Å². The van der Waals surface area contributed by atoms with E-state index in [1.165, 1.54) is 36.6 Å². The topological polar surface area (TPSA) is 30.0 Å². The monoisotopic (exact) mass is 255 g/mol. The van der Waals surface area contributed by atoms with Crippen LogP contribution in [0.3, 0.4) is 0 Å². The van der Waals surface area contributed by atoms with Gasteiger partial charge in [0.2, 0.25) is 0 Å². The lowest BCUT2D eigenvalue weighted by atomic mass is 10.2. The van der Waals surface area contributed by atoms with Crippen molar-refractivity contribution in [3.8, 4) is 10.6 Å². The number of rotatable bonds is 2. The highest BCUT2D eigenvalue weighted by molar-refractivity contribution is 7.16. The van der Waals surface area contributed by atoms with E-state index in [2.05, 4.69) is 4.98 Å². The molecule has 0 saturated heterocycles. The zero-order chi connectivity index (χ0) is 11.7. The van der Waals surface area contributed by atoms with E-state index in [1.807, 2.05) is 0 Å². The molecular formula is C11H7ClFNOS. The Labute approximate surface area is 101 Å². The summed E-state index contributed by atoms with van der Waals surface area (Å²) in [5, 5.41) is 0.904. The number of halogens is 2. The van der Waals surface area contributed by atoms with Crippen LogP contribution in [0.4, 0.5) is 4.39 Å². The molecule has 5 heteroatoms. The number of Topliss-reactive ketones (excluding diaryl/α,β-unsaturated/α-hetero) is 1. The second kappa shape index (κ2) is 4.31. The van der Waals surface area contributed by atoms with Crippen LogP contribution in [0, 0.1) is 5.82 Å². The molecule has 1 aromatic carbocycles. The molecule has 16 heavy (non-hydrogen) atoms. The van der Waals surface area contributed by atoms with Crippen molar-refractivity contribution < 1.29 is 9.18 Å². The minimum absolute atomic E-state index is 0.0498. The number of aromatic nitrogens is 1. The van der Waals surface area contributed by atoms with Gasteiger partial charge in [0.25, 0.3) is 0 Å². The summed E-state index contributed by atoms with van der Waals surface area (Å²) in [6.45, 7) is 1.47. The summed E-state index contributed by atoms with van der Waals surface area (Å²) >= 11 is 6.96. The zero-order valence-electron chi connectivity index (χ0n) is 8.33. The third kappa shape index (κ3) is 2.28. The molecule has 0 fully saturated rings. The summed E-state index contributed by atoms with van der Waals surface area (Å²) in [7, 11) is 0. The maximum Gasteiger partial charge on any atom is 0.171 e. The van der Waals surface area contributed by atoms with Crippen LogP contribution in [-0.2, 0) is 0 Å². The van der Waals surface area contributed by atoms with Crippen LogP contribution in [0.5, 0.6) is 0 Å². The third-order valence-corrected chi connectivity index (χ3v) is 3.33. The highest BCUT2D eigenvalue weighted by atomic mass is 35.5. The SMILES string of the molecule is CC(=O)c1cnc(-c2cc(F)cc(Cl)c2)s1. The van der Waals surface area contributed by atoms with Crippen molar-refractivity contribution in [3.05, 3.63) is 40.1 Å². The molecular weight excluding hydrogens is 249 g/mol. The second-order valence-electron chi connectivity index (χ2n) is 3.24. The van der Waals surface area contributed by atoms with Gasteiger partial charge in [-0.05, 0) is 18.2 Å². The average molecular weight is 256 g/mol. The number of carbonyl (C=O) groups excluding carboxylic acids is 1. The van der Waals surface area contributed by atoms with E-state index in [4.69, 9.17) is 11.6 Å². The Bertz CT molecular complexity index is 532. The van der Waals surface area contributed by atoms with Gasteiger partial charge >= 0.3 is 0 Å². The minimum Gasteiger partial charge on any atom is -0.294 e. The first-order chi connectivity index (χ1) is 7.56. The van der Waals surface area contributed by atoms with Crippen molar-refractivity contribution in [2.45, 2.75) is 6.92 Å². The molecule has 2 aromatic rings. The molecule has 0 N–H and O–H groups in total. The maximum atomic E-state index is 13.1. The molecule has 0 aliphatic rings. The molecule has 0 bridgehead atoms. The number of benzene rings is 1. The predicted molar refractivity (Wildman–Crippen MR) is 62.5 cm³/mol. The number of carbonyl (C=O) groups is 1. The molecule has 1 heterocycles. The van der Waals surface area contributed by atoms with E-state index in [-0.39, 0.29) is 5.78 Å². The predicted octanol–water partition coefficient (Wildman–Crippen LogP) is 3.81. The van der Waals surface area contributed by atoms with E-state index in [0.29, 0.717) is 20.5 Å². The van der Waals surface area contributed by atoms with Gasteiger partial charge in [-0.25, -0.2) is 9.37 Å². The van der Waals surface area contributed by atoms with Crippen molar-refractivity contribution in [1.82, 2.24) is 4.98 Å². The standard InChI is InChI=1S/C11H7ClFNOS/c1-6(15)10-5-14-11(16-10)7-2-8(12)4-9(13)3-7/h2-5H,1H3. The van der Waals surface area contributed by atoms with Gasteiger partial charge in [0.1, 0.15) is 10.8 Å². The van der Waals surface area contributed by atoms with Gasteiger partial charge < -0.3 is 0 Å². The molecule has 0 aliphatic carbocycles. The quantitative estimate of drug-likeness (QED) is 0.764. The van der Waals surface area contributed by atoms with Crippen LogP contribution in [0.1, 0.15) is 16.6 Å². The fourth-order valence-corrected chi connectivity index (χ4v) is 2.27. The van der Waals surface area contributed by atoms with Crippen molar-refractivity contribution in [2.24, 2.45) is 0 Å². The Kier molecular flexibility index (Phi) is 3.03. The van der Waals surface area contributed by atoms with Gasteiger partial charge in [-0.2, -0.15) is 0 Å². The van der Waals surface area contributed by atoms with Crippen molar-refractivity contribution in [3.63, 3.8) is 0 Å². The molecule has 0 spiro atoms. The molecule has 0 amide bonds. The lowest BCUT2D eigenvalue weighted by Crippen LogP contribution is -1.83. The fraction of sp³-hybridized carbons (Fsp3) is 0.0909. The summed E-state index contributed by atoms with van der Waals surface area (Å²) in [6, 6.07) is 4.19. The Morgan fingerprint density at radius 3 is 2.75 bits per heavy atom. The van der Waals surface area contributed by atoms with Gasteiger partial charge in [0, 0.05) is 23.7 Å². The highest BCUT2D eigenvalue weighted by Gasteiger charge is 2.09.